The predicted octanol–water partition coefficient (Wildman–Crippen LogP) is 4.27. The van der Waals surface area contributed by atoms with Crippen molar-refractivity contribution in [3.8, 4) is 0 Å². The summed E-state index contributed by atoms with van der Waals surface area (Å²) in [6, 6.07) is 8.24. The average Bonchev–Trinajstić information content (AvgIpc) is 2.51. The van der Waals surface area contributed by atoms with Crippen molar-refractivity contribution in [2.24, 2.45) is 5.41 Å². The van der Waals surface area contributed by atoms with Crippen molar-refractivity contribution in [1.29, 1.82) is 0 Å². The number of benzene rings is 1. The summed E-state index contributed by atoms with van der Waals surface area (Å²) in [5.41, 5.74) is 1.99. The van der Waals surface area contributed by atoms with Crippen LogP contribution in [0.5, 0.6) is 0 Å². The maximum Gasteiger partial charge on any atom is 0.311 e. The molecule has 0 aliphatic heterocycles. The third-order valence-electron chi connectivity index (χ3n) is 4.16. The van der Waals surface area contributed by atoms with Gasteiger partial charge in [0.1, 0.15) is 6.61 Å². The smallest absolute Gasteiger partial charge is 0.311 e. The maximum absolute atomic E-state index is 12.1. The first-order valence-electron chi connectivity index (χ1n) is 7.75. The molecule has 1 aromatic rings. The van der Waals surface area contributed by atoms with Crippen LogP contribution >= 0.6 is 0 Å². The molecule has 21 heavy (non-hydrogen) atoms. The van der Waals surface area contributed by atoms with Gasteiger partial charge in [0.25, 0.3) is 0 Å². The minimum atomic E-state index is -0.378. The molecule has 0 N–H and O–H groups in total. The molecule has 0 saturated heterocycles. The Labute approximate surface area is 128 Å². The standard InChI is InChI=1S/C18H28O3/c1-6-18(5,7-2)17(19)21-12-15(4)20-13-16-10-8-14(3)9-11-16/h8-11,15H,6-7,12-13H2,1-5H3. The van der Waals surface area contributed by atoms with E-state index in [0.29, 0.717) is 13.2 Å². The molecule has 1 atom stereocenters. The summed E-state index contributed by atoms with van der Waals surface area (Å²) < 4.78 is 11.1. The van der Waals surface area contributed by atoms with E-state index in [1.165, 1.54) is 5.56 Å². The van der Waals surface area contributed by atoms with Crippen molar-refractivity contribution in [3.05, 3.63) is 35.4 Å². The minimum Gasteiger partial charge on any atom is -0.463 e. The van der Waals surface area contributed by atoms with Crippen LogP contribution in [0.1, 0.15) is 51.7 Å². The number of rotatable bonds is 8. The number of ether oxygens (including phenoxy) is 2. The molecule has 0 fully saturated rings. The van der Waals surface area contributed by atoms with Gasteiger partial charge in [-0.2, -0.15) is 0 Å². The van der Waals surface area contributed by atoms with Crippen LogP contribution in [0, 0.1) is 12.3 Å². The van der Waals surface area contributed by atoms with Crippen molar-refractivity contribution in [3.63, 3.8) is 0 Å². The first kappa shape index (κ1) is 17.7. The first-order chi connectivity index (χ1) is 9.91. The van der Waals surface area contributed by atoms with Crippen LogP contribution < -0.4 is 0 Å². The molecule has 0 radical (unpaired) electrons. The molecule has 0 amide bonds. The summed E-state index contributed by atoms with van der Waals surface area (Å²) in [6.45, 7) is 10.8. The molecule has 3 heteroatoms. The van der Waals surface area contributed by atoms with Crippen LogP contribution in [-0.4, -0.2) is 18.7 Å². The quantitative estimate of drug-likeness (QED) is 0.671. The summed E-state index contributed by atoms with van der Waals surface area (Å²) in [5.74, 6) is -0.127. The van der Waals surface area contributed by atoms with Crippen LogP contribution in [0.15, 0.2) is 24.3 Å². The first-order valence-corrected chi connectivity index (χ1v) is 7.75. The van der Waals surface area contributed by atoms with Crippen molar-refractivity contribution in [1.82, 2.24) is 0 Å². The molecule has 1 aromatic carbocycles. The Hall–Kier alpha value is -1.35. The van der Waals surface area contributed by atoms with E-state index in [-0.39, 0.29) is 17.5 Å². The van der Waals surface area contributed by atoms with E-state index in [9.17, 15) is 4.79 Å². The highest BCUT2D eigenvalue weighted by Gasteiger charge is 2.31. The van der Waals surface area contributed by atoms with Crippen LogP contribution in [0.2, 0.25) is 0 Å². The van der Waals surface area contributed by atoms with Gasteiger partial charge in [0.2, 0.25) is 0 Å². The molecule has 0 aliphatic rings. The SMILES string of the molecule is CCC(C)(CC)C(=O)OCC(C)OCc1ccc(C)cc1. The molecule has 1 rings (SSSR count). The van der Waals surface area contributed by atoms with Crippen LogP contribution in [0.4, 0.5) is 0 Å². The van der Waals surface area contributed by atoms with Crippen molar-refractivity contribution < 1.29 is 14.3 Å². The number of hydrogen-bond acceptors (Lipinski definition) is 3. The third-order valence-corrected chi connectivity index (χ3v) is 4.16. The Morgan fingerprint density at radius 2 is 1.76 bits per heavy atom. The molecule has 0 bridgehead atoms. The molecule has 0 aliphatic carbocycles. The summed E-state index contributed by atoms with van der Waals surface area (Å²) >= 11 is 0. The normalized spacial score (nSPS) is 13.0. The van der Waals surface area contributed by atoms with E-state index >= 15 is 0 Å². The fraction of sp³-hybridized carbons (Fsp3) is 0.611. The van der Waals surface area contributed by atoms with Crippen molar-refractivity contribution in [2.75, 3.05) is 6.61 Å². The molecular formula is C18H28O3. The lowest BCUT2D eigenvalue weighted by atomic mass is 9.85. The Kier molecular flexibility index (Phi) is 6.90. The molecule has 3 nitrogen and oxygen atoms in total. The fourth-order valence-corrected chi connectivity index (χ4v) is 1.88. The van der Waals surface area contributed by atoms with Gasteiger partial charge in [-0.05, 0) is 39.2 Å². The zero-order valence-corrected chi connectivity index (χ0v) is 13.9. The molecule has 1 unspecified atom stereocenters. The van der Waals surface area contributed by atoms with Gasteiger partial charge in [-0.1, -0.05) is 43.7 Å². The van der Waals surface area contributed by atoms with Crippen molar-refractivity contribution >= 4 is 5.97 Å². The van der Waals surface area contributed by atoms with E-state index in [0.717, 1.165) is 18.4 Å². The van der Waals surface area contributed by atoms with E-state index in [2.05, 4.69) is 31.2 Å². The number of esters is 1. The Morgan fingerprint density at radius 1 is 1.19 bits per heavy atom. The van der Waals surface area contributed by atoms with E-state index in [1.54, 1.807) is 0 Å². The van der Waals surface area contributed by atoms with Gasteiger partial charge in [0.15, 0.2) is 0 Å². The Balaban J connectivity index is 2.35. The second-order valence-corrected chi connectivity index (χ2v) is 5.97. The molecule has 0 aromatic heterocycles. The number of aryl methyl sites for hydroxylation is 1. The third kappa shape index (κ3) is 5.50. The lowest BCUT2D eigenvalue weighted by molar-refractivity contribution is -0.159. The average molecular weight is 292 g/mol. The van der Waals surface area contributed by atoms with Crippen LogP contribution in [0.3, 0.4) is 0 Å². The highest BCUT2D eigenvalue weighted by Crippen LogP contribution is 2.27. The number of carbonyl (C=O) groups excluding carboxylic acids is 1. The topological polar surface area (TPSA) is 35.5 Å². The second kappa shape index (κ2) is 8.18. The van der Waals surface area contributed by atoms with Gasteiger partial charge in [-0.3, -0.25) is 4.79 Å². The molecule has 0 spiro atoms. The lowest BCUT2D eigenvalue weighted by Crippen LogP contribution is -2.31. The van der Waals surface area contributed by atoms with E-state index in [4.69, 9.17) is 9.47 Å². The number of hydrogen-bond donors (Lipinski definition) is 0. The fourth-order valence-electron chi connectivity index (χ4n) is 1.88. The lowest BCUT2D eigenvalue weighted by Gasteiger charge is -2.25. The van der Waals surface area contributed by atoms with E-state index < -0.39 is 0 Å². The van der Waals surface area contributed by atoms with Crippen LogP contribution in [-0.2, 0) is 20.9 Å². The molecule has 0 heterocycles. The van der Waals surface area contributed by atoms with Gasteiger partial charge < -0.3 is 9.47 Å². The van der Waals surface area contributed by atoms with Gasteiger partial charge >= 0.3 is 5.97 Å². The monoisotopic (exact) mass is 292 g/mol. The minimum absolute atomic E-state index is 0.104. The highest BCUT2D eigenvalue weighted by atomic mass is 16.6. The molecule has 0 saturated carbocycles. The maximum atomic E-state index is 12.1. The summed E-state index contributed by atoms with van der Waals surface area (Å²) in [6.07, 6.45) is 1.48. The second-order valence-electron chi connectivity index (χ2n) is 5.97. The zero-order chi connectivity index (χ0) is 15.9. The molecular weight excluding hydrogens is 264 g/mol. The Morgan fingerprint density at radius 3 is 2.29 bits per heavy atom. The van der Waals surface area contributed by atoms with E-state index in [1.807, 2.05) is 27.7 Å². The van der Waals surface area contributed by atoms with Crippen molar-refractivity contribution in [2.45, 2.75) is 60.2 Å². The largest absolute Gasteiger partial charge is 0.463 e. The van der Waals surface area contributed by atoms with Crippen LogP contribution in [0.25, 0.3) is 0 Å². The Bertz CT molecular complexity index is 432. The zero-order valence-electron chi connectivity index (χ0n) is 13.9. The summed E-state index contributed by atoms with van der Waals surface area (Å²) in [4.78, 5) is 12.1. The van der Waals surface area contributed by atoms with Gasteiger partial charge in [-0.15, -0.1) is 0 Å². The molecule has 118 valence electrons. The van der Waals surface area contributed by atoms with Gasteiger partial charge in [0, 0.05) is 0 Å². The summed E-state index contributed by atoms with van der Waals surface area (Å²) in [5, 5.41) is 0. The highest BCUT2D eigenvalue weighted by molar-refractivity contribution is 5.76. The number of carbonyl (C=O) groups is 1. The van der Waals surface area contributed by atoms with Gasteiger partial charge in [-0.25, -0.2) is 0 Å². The summed E-state index contributed by atoms with van der Waals surface area (Å²) in [7, 11) is 0. The van der Waals surface area contributed by atoms with Gasteiger partial charge in [0.05, 0.1) is 18.1 Å². The predicted molar refractivity (Wildman–Crippen MR) is 85.1 cm³/mol.